The highest BCUT2D eigenvalue weighted by Crippen LogP contribution is 2.29. The molecule has 92 valence electrons. The van der Waals surface area contributed by atoms with E-state index in [0.717, 1.165) is 27.0 Å². The highest BCUT2D eigenvalue weighted by atomic mass is 32.1. The lowest BCUT2D eigenvalue weighted by Crippen LogP contribution is -1.95. The first-order chi connectivity index (χ1) is 8.81. The van der Waals surface area contributed by atoms with Crippen molar-refractivity contribution < 1.29 is 4.74 Å². The molecule has 5 nitrogen and oxygen atoms in total. The van der Waals surface area contributed by atoms with Gasteiger partial charge < -0.3 is 10.5 Å². The molecule has 1 aromatic carbocycles. The van der Waals surface area contributed by atoms with Gasteiger partial charge in [-0.05, 0) is 12.1 Å². The number of fused-ring (bicyclic) bond motifs is 1. The normalized spacial score (nSPS) is 11.0. The summed E-state index contributed by atoms with van der Waals surface area (Å²) in [7, 11) is 1.65. The number of para-hydroxylation sites is 1. The van der Waals surface area contributed by atoms with Crippen LogP contribution < -0.4 is 10.5 Å². The molecule has 0 unspecified atom stereocenters. The topological polar surface area (TPSA) is 65.4 Å². The third-order valence-corrected chi connectivity index (χ3v) is 3.59. The summed E-state index contributed by atoms with van der Waals surface area (Å²) in [4.78, 5) is 5.39. The van der Waals surface area contributed by atoms with Crippen molar-refractivity contribution in [1.29, 1.82) is 0 Å². The first kappa shape index (κ1) is 11.2. The maximum absolute atomic E-state index is 5.55. The molecular weight excluding hydrogens is 248 g/mol. The third-order valence-electron chi connectivity index (χ3n) is 2.64. The molecule has 0 bridgehead atoms. The Balaban J connectivity index is 2.11. The fraction of sp³-hybridized carbons (Fsp3) is 0.167. The zero-order chi connectivity index (χ0) is 12.5. The van der Waals surface area contributed by atoms with Crippen LogP contribution in [0.3, 0.4) is 0 Å². The number of ether oxygens (including phenoxy) is 1. The van der Waals surface area contributed by atoms with E-state index in [4.69, 9.17) is 10.5 Å². The second kappa shape index (κ2) is 4.40. The van der Waals surface area contributed by atoms with Gasteiger partial charge in [-0.3, -0.25) is 0 Å². The summed E-state index contributed by atoms with van der Waals surface area (Å²) in [5, 5.41) is 5.22. The molecule has 2 aromatic heterocycles. The number of nitrogens with zero attached hydrogens (tertiary/aromatic N) is 3. The van der Waals surface area contributed by atoms with E-state index in [1.54, 1.807) is 11.6 Å². The van der Waals surface area contributed by atoms with Crippen LogP contribution in [0.4, 0.5) is 0 Å². The summed E-state index contributed by atoms with van der Waals surface area (Å²) in [6.45, 7) is 0.442. The van der Waals surface area contributed by atoms with Crippen LogP contribution in [0.5, 0.6) is 5.75 Å². The average Bonchev–Trinajstić information content (AvgIpc) is 2.96. The molecule has 0 radical (unpaired) electrons. The lowest BCUT2D eigenvalue weighted by molar-refractivity contribution is 0.416. The van der Waals surface area contributed by atoms with Crippen molar-refractivity contribution in [2.75, 3.05) is 7.11 Å². The molecule has 3 aromatic rings. The lowest BCUT2D eigenvalue weighted by Gasteiger charge is -2.04. The fourth-order valence-electron chi connectivity index (χ4n) is 1.81. The van der Waals surface area contributed by atoms with Gasteiger partial charge in [-0.25, -0.2) is 9.50 Å². The van der Waals surface area contributed by atoms with Crippen molar-refractivity contribution in [3.8, 4) is 17.0 Å². The third kappa shape index (κ3) is 1.75. The maximum atomic E-state index is 5.55. The number of nitrogens with two attached hydrogens (primary N) is 1. The van der Waals surface area contributed by atoms with Crippen LogP contribution in [0.15, 0.2) is 30.5 Å². The van der Waals surface area contributed by atoms with Crippen molar-refractivity contribution in [2.24, 2.45) is 5.73 Å². The van der Waals surface area contributed by atoms with E-state index in [-0.39, 0.29) is 0 Å². The average molecular weight is 260 g/mol. The summed E-state index contributed by atoms with van der Waals surface area (Å²) in [5.74, 6) is 0.808. The first-order valence-electron chi connectivity index (χ1n) is 5.50. The van der Waals surface area contributed by atoms with E-state index in [9.17, 15) is 0 Å². The Kier molecular flexibility index (Phi) is 2.73. The van der Waals surface area contributed by atoms with Gasteiger partial charge in [0.05, 0.1) is 19.0 Å². The molecule has 0 saturated carbocycles. The second-order valence-electron chi connectivity index (χ2n) is 3.75. The van der Waals surface area contributed by atoms with E-state index >= 15 is 0 Å². The Bertz CT molecular complexity index is 657. The molecule has 0 aliphatic carbocycles. The van der Waals surface area contributed by atoms with E-state index in [1.165, 1.54) is 11.3 Å². The fourth-order valence-corrected chi connectivity index (χ4v) is 2.56. The minimum Gasteiger partial charge on any atom is -0.496 e. The minimum absolute atomic E-state index is 0.442. The molecule has 0 fully saturated rings. The molecule has 0 saturated heterocycles. The second-order valence-corrected chi connectivity index (χ2v) is 4.79. The van der Waals surface area contributed by atoms with E-state index in [1.807, 2.05) is 30.5 Å². The number of hydrogen-bond acceptors (Lipinski definition) is 5. The molecule has 0 spiro atoms. The van der Waals surface area contributed by atoms with Crippen LogP contribution >= 0.6 is 11.3 Å². The molecule has 2 N–H and O–H groups in total. The van der Waals surface area contributed by atoms with Crippen molar-refractivity contribution >= 4 is 16.3 Å². The van der Waals surface area contributed by atoms with E-state index < -0.39 is 0 Å². The van der Waals surface area contributed by atoms with Gasteiger partial charge in [0, 0.05) is 12.1 Å². The quantitative estimate of drug-likeness (QED) is 0.781. The van der Waals surface area contributed by atoms with Crippen LogP contribution in [0.2, 0.25) is 0 Å². The van der Waals surface area contributed by atoms with Gasteiger partial charge in [-0.1, -0.05) is 23.5 Å². The number of imidazole rings is 1. The van der Waals surface area contributed by atoms with Gasteiger partial charge in [0.25, 0.3) is 0 Å². The molecule has 3 rings (SSSR count). The van der Waals surface area contributed by atoms with Crippen LogP contribution in [0.1, 0.15) is 5.01 Å². The van der Waals surface area contributed by atoms with Crippen molar-refractivity contribution in [1.82, 2.24) is 14.6 Å². The monoisotopic (exact) mass is 260 g/mol. The Hall–Kier alpha value is -1.92. The van der Waals surface area contributed by atoms with Crippen LogP contribution in [0.25, 0.3) is 16.2 Å². The predicted molar refractivity (Wildman–Crippen MR) is 70.7 cm³/mol. The largest absolute Gasteiger partial charge is 0.496 e. The van der Waals surface area contributed by atoms with Crippen molar-refractivity contribution in [3.63, 3.8) is 0 Å². The predicted octanol–water partition coefficient (Wildman–Crippen LogP) is 1.93. The lowest BCUT2D eigenvalue weighted by atomic mass is 10.1. The smallest absolute Gasteiger partial charge is 0.212 e. The van der Waals surface area contributed by atoms with Gasteiger partial charge >= 0.3 is 0 Å². The first-order valence-corrected chi connectivity index (χ1v) is 6.32. The highest BCUT2D eigenvalue weighted by Gasteiger charge is 2.11. The van der Waals surface area contributed by atoms with Gasteiger partial charge in [-0.2, -0.15) is 5.10 Å². The molecule has 6 heteroatoms. The molecule has 2 heterocycles. The summed E-state index contributed by atoms with van der Waals surface area (Å²) < 4.78 is 7.09. The Morgan fingerprint density at radius 1 is 1.39 bits per heavy atom. The van der Waals surface area contributed by atoms with Crippen molar-refractivity contribution in [2.45, 2.75) is 6.54 Å². The Morgan fingerprint density at radius 3 is 2.94 bits per heavy atom. The number of aromatic nitrogens is 3. The molecule has 18 heavy (non-hydrogen) atoms. The molecule has 0 atom stereocenters. The van der Waals surface area contributed by atoms with E-state index in [2.05, 4.69) is 10.1 Å². The van der Waals surface area contributed by atoms with Crippen LogP contribution in [-0.4, -0.2) is 21.7 Å². The number of benzene rings is 1. The number of hydrogen-bond donors (Lipinski definition) is 1. The minimum atomic E-state index is 0.442. The van der Waals surface area contributed by atoms with Gasteiger partial charge in [0.15, 0.2) is 0 Å². The van der Waals surface area contributed by atoms with Gasteiger partial charge in [0.2, 0.25) is 4.96 Å². The van der Waals surface area contributed by atoms with Gasteiger partial charge in [0.1, 0.15) is 10.8 Å². The number of rotatable bonds is 3. The molecule has 0 aliphatic rings. The molecule has 0 aliphatic heterocycles. The van der Waals surface area contributed by atoms with E-state index in [0.29, 0.717) is 6.54 Å². The molecule has 0 amide bonds. The maximum Gasteiger partial charge on any atom is 0.212 e. The Labute approximate surface area is 108 Å². The van der Waals surface area contributed by atoms with Crippen LogP contribution in [-0.2, 0) is 6.54 Å². The van der Waals surface area contributed by atoms with Gasteiger partial charge in [-0.15, -0.1) is 0 Å². The molecular formula is C12H12N4OS. The Morgan fingerprint density at radius 2 is 2.22 bits per heavy atom. The summed E-state index contributed by atoms with van der Waals surface area (Å²) >= 11 is 1.50. The SMILES string of the molecule is COc1ccccc1-c1cn2nc(CN)sc2n1. The highest BCUT2D eigenvalue weighted by molar-refractivity contribution is 7.16. The zero-order valence-corrected chi connectivity index (χ0v) is 10.6. The van der Waals surface area contributed by atoms with Crippen LogP contribution in [0, 0.1) is 0 Å². The summed E-state index contributed by atoms with van der Waals surface area (Å²) in [5.41, 5.74) is 7.38. The standard InChI is InChI=1S/C12H12N4OS/c1-17-10-5-3-2-4-8(10)9-7-16-12(14-9)18-11(6-13)15-16/h2-5,7H,6,13H2,1H3. The number of methoxy groups -OCH3 is 1. The van der Waals surface area contributed by atoms with Crippen molar-refractivity contribution in [3.05, 3.63) is 35.5 Å². The summed E-state index contributed by atoms with van der Waals surface area (Å²) in [6.07, 6.45) is 1.89. The zero-order valence-electron chi connectivity index (χ0n) is 9.83. The summed E-state index contributed by atoms with van der Waals surface area (Å²) in [6, 6.07) is 7.80.